The lowest BCUT2D eigenvalue weighted by Gasteiger charge is -2.13. The van der Waals surface area contributed by atoms with Crippen LogP contribution in [-0.2, 0) is 22.4 Å². The molecule has 0 unspecified atom stereocenters. The molecule has 0 saturated heterocycles. The second-order valence-corrected chi connectivity index (χ2v) is 10.2. The number of nitrogens with one attached hydrogen (secondary N) is 1. The van der Waals surface area contributed by atoms with Crippen LogP contribution in [0.3, 0.4) is 0 Å². The molecule has 4 rings (SSSR count). The van der Waals surface area contributed by atoms with Crippen molar-refractivity contribution in [2.75, 3.05) is 11.6 Å². The summed E-state index contributed by atoms with van der Waals surface area (Å²) in [6, 6.07) is 18.0. The molecular weight excluding hydrogens is 524 g/mol. The summed E-state index contributed by atoms with van der Waals surface area (Å²) in [5.74, 6) is -2.02. The molecule has 12 heteroatoms. The van der Waals surface area contributed by atoms with Crippen LogP contribution in [0.25, 0.3) is 16.8 Å². The van der Waals surface area contributed by atoms with Crippen molar-refractivity contribution < 1.29 is 30.8 Å². The van der Waals surface area contributed by atoms with Gasteiger partial charge in [-0.3, -0.25) is 4.79 Å². The van der Waals surface area contributed by atoms with Crippen LogP contribution in [0.15, 0.2) is 77.7 Å². The first-order valence-corrected chi connectivity index (χ1v) is 12.8. The SMILES string of the molecule is CS(=O)(=O)c1ccccc1-c1ccc(NC(=O)c2cc(C(F)(F)F)nn2-c2ccccc2CC#N)c(F)c1. The summed E-state index contributed by atoms with van der Waals surface area (Å²) in [6.45, 7) is 0. The van der Waals surface area contributed by atoms with Crippen molar-refractivity contribution in [1.82, 2.24) is 9.78 Å². The fraction of sp³-hybridized carbons (Fsp3) is 0.115. The van der Waals surface area contributed by atoms with Gasteiger partial charge in [0.05, 0.1) is 28.8 Å². The standard InChI is InChI=1S/C26H18F4N4O3S/c1-38(36,37)23-9-5-3-7-18(23)17-10-11-20(19(27)14-17)32-25(35)22-15-24(26(28,29)30)33-34(22)21-8-4-2-6-16(21)12-13-31/h2-11,14-15H,12H2,1H3,(H,32,35). The molecule has 4 aromatic rings. The van der Waals surface area contributed by atoms with Gasteiger partial charge in [0, 0.05) is 17.9 Å². The number of halogens is 4. The average Bonchev–Trinajstić information content (AvgIpc) is 3.31. The third-order valence-corrected chi connectivity index (χ3v) is 6.69. The van der Waals surface area contributed by atoms with E-state index in [2.05, 4.69) is 10.4 Å². The lowest BCUT2D eigenvalue weighted by molar-refractivity contribution is -0.141. The van der Waals surface area contributed by atoms with E-state index in [1.807, 2.05) is 6.07 Å². The lowest BCUT2D eigenvalue weighted by atomic mass is 10.0. The molecule has 7 nitrogen and oxygen atoms in total. The van der Waals surface area contributed by atoms with Crippen molar-refractivity contribution in [2.45, 2.75) is 17.5 Å². The number of benzene rings is 3. The molecule has 1 N–H and O–H groups in total. The second-order valence-electron chi connectivity index (χ2n) is 8.21. The predicted molar refractivity (Wildman–Crippen MR) is 131 cm³/mol. The number of sulfone groups is 1. The molecule has 0 atom stereocenters. The molecule has 0 fully saturated rings. The average molecular weight is 543 g/mol. The van der Waals surface area contributed by atoms with Gasteiger partial charge in [0.2, 0.25) is 0 Å². The summed E-state index contributed by atoms with van der Waals surface area (Å²) < 4.78 is 80.4. The Balaban J connectivity index is 1.73. The van der Waals surface area contributed by atoms with Crippen molar-refractivity contribution >= 4 is 21.4 Å². The number of hydrogen-bond acceptors (Lipinski definition) is 5. The number of anilines is 1. The number of hydrogen-bond donors (Lipinski definition) is 1. The van der Waals surface area contributed by atoms with Gasteiger partial charge in [-0.15, -0.1) is 0 Å². The molecule has 0 bridgehead atoms. The highest BCUT2D eigenvalue weighted by Crippen LogP contribution is 2.32. The minimum atomic E-state index is -4.87. The van der Waals surface area contributed by atoms with Gasteiger partial charge in [-0.25, -0.2) is 17.5 Å². The Bertz CT molecular complexity index is 1690. The zero-order valence-corrected chi connectivity index (χ0v) is 20.4. The van der Waals surface area contributed by atoms with E-state index in [4.69, 9.17) is 5.26 Å². The Hall–Kier alpha value is -4.50. The van der Waals surface area contributed by atoms with Crippen molar-refractivity contribution in [3.05, 3.63) is 95.6 Å². The van der Waals surface area contributed by atoms with E-state index in [1.54, 1.807) is 12.1 Å². The lowest BCUT2D eigenvalue weighted by Crippen LogP contribution is -2.18. The Morgan fingerprint density at radius 2 is 1.74 bits per heavy atom. The van der Waals surface area contributed by atoms with Gasteiger partial charge < -0.3 is 5.32 Å². The first kappa shape index (κ1) is 26.6. The number of alkyl halides is 3. The number of carbonyl (C=O) groups excluding carboxylic acids is 1. The van der Waals surface area contributed by atoms with Gasteiger partial charge in [-0.05, 0) is 35.4 Å². The summed E-state index contributed by atoms with van der Waals surface area (Å²) in [6.07, 6.45) is -4.00. The van der Waals surface area contributed by atoms with E-state index in [0.717, 1.165) is 17.0 Å². The van der Waals surface area contributed by atoms with Crippen LogP contribution in [-0.4, -0.2) is 30.4 Å². The maximum absolute atomic E-state index is 15.0. The van der Waals surface area contributed by atoms with Crippen LogP contribution in [0.4, 0.5) is 23.2 Å². The first-order valence-electron chi connectivity index (χ1n) is 10.9. The topological polar surface area (TPSA) is 105 Å². The minimum Gasteiger partial charge on any atom is -0.318 e. The molecule has 1 aromatic heterocycles. The maximum Gasteiger partial charge on any atom is 0.435 e. The van der Waals surface area contributed by atoms with Gasteiger partial charge in [-0.1, -0.05) is 42.5 Å². The van der Waals surface area contributed by atoms with E-state index < -0.39 is 39.1 Å². The third-order valence-electron chi connectivity index (χ3n) is 5.54. The number of amides is 1. The molecule has 3 aromatic carbocycles. The third kappa shape index (κ3) is 5.42. The highest BCUT2D eigenvalue weighted by atomic mass is 32.2. The first-order chi connectivity index (χ1) is 17.9. The largest absolute Gasteiger partial charge is 0.435 e. The molecule has 0 saturated carbocycles. The van der Waals surface area contributed by atoms with E-state index in [0.29, 0.717) is 11.6 Å². The van der Waals surface area contributed by atoms with Crippen LogP contribution in [0, 0.1) is 17.1 Å². The zero-order valence-electron chi connectivity index (χ0n) is 19.6. The molecule has 0 aliphatic heterocycles. The van der Waals surface area contributed by atoms with Gasteiger partial charge in [-0.2, -0.15) is 23.5 Å². The summed E-state index contributed by atoms with van der Waals surface area (Å²) in [5, 5.41) is 14.9. The van der Waals surface area contributed by atoms with Crippen LogP contribution < -0.4 is 5.32 Å². The van der Waals surface area contributed by atoms with Crippen molar-refractivity contribution in [2.24, 2.45) is 0 Å². The summed E-state index contributed by atoms with van der Waals surface area (Å²) in [4.78, 5) is 13.0. The van der Waals surface area contributed by atoms with E-state index in [-0.39, 0.29) is 33.8 Å². The predicted octanol–water partition coefficient (Wildman–Crippen LogP) is 5.42. The molecule has 0 spiro atoms. The van der Waals surface area contributed by atoms with Crippen LogP contribution in [0.2, 0.25) is 0 Å². The van der Waals surface area contributed by atoms with E-state index >= 15 is 4.39 Å². The quantitative estimate of drug-likeness (QED) is 0.328. The van der Waals surface area contributed by atoms with E-state index in [1.165, 1.54) is 48.5 Å². The summed E-state index contributed by atoms with van der Waals surface area (Å²) in [7, 11) is -3.62. The highest BCUT2D eigenvalue weighted by Gasteiger charge is 2.36. The molecule has 0 radical (unpaired) electrons. The Labute approximate surface area is 214 Å². The van der Waals surface area contributed by atoms with Gasteiger partial charge in [0.15, 0.2) is 15.5 Å². The minimum absolute atomic E-state index is 0.0178. The number of rotatable bonds is 6. The molecule has 0 aliphatic carbocycles. The number of nitriles is 1. The van der Waals surface area contributed by atoms with Gasteiger partial charge >= 0.3 is 6.18 Å². The zero-order chi connectivity index (χ0) is 27.7. The highest BCUT2D eigenvalue weighted by molar-refractivity contribution is 7.90. The Kier molecular flexibility index (Phi) is 7.06. The van der Waals surface area contributed by atoms with E-state index in [9.17, 15) is 26.4 Å². The van der Waals surface area contributed by atoms with Crippen LogP contribution in [0.1, 0.15) is 21.7 Å². The van der Waals surface area contributed by atoms with Crippen molar-refractivity contribution in [3.8, 4) is 22.9 Å². The van der Waals surface area contributed by atoms with Crippen LogP contribution >= 0.6 is 0 Å². The number of para-hydroxylation sites is 1. The number of nitrogens with zero attached hydrogens (tertiary/aromatic N) is 3. The molecule has 1 amide bonds. The molecule has 38 heavy (non-hydrogen) atoms. The normalized spacial score (nSPS) is 11.7. The number of carbonyl (C=O) groups is 1. The molecule has 194 valence electrons. The Morgan fingerprint density at radius 1 is 1.05 bits per heavy atom. The molecule has 0 aliphatic rings. The fourth-order valence-electron chi connectivity index (χ4n) is 3.82. The molecular formula is C26H18F4N4O3S. The smallest absolute Gasteiger partial charge is 0.318 e. The monoisotopic (exact) mass is 542 g/mol. The number of aromatic nitrogens is 2. The summed E-state index contributed by atoms with van der Waals surface area (Å²) in [5.41, 5.74) is -1.34. The van der Waals surface area contributed by atoms with Crippen molar-refractivity contribution in [3.63, 3.8) is 0 Å². The maximum atomic E-state index is 15.0. The second kappa shape index (κ2) is 10.1. The Morgan fingerprint density at radius 3 is 2.39 bits per heavy atom. The fourth-order valence-corrected chi connectivity index (χ4v) is 4.73. The van der Waals surface area contributed by atoms with Crippen molar-refractivity contribution in [1.29, 1.82) is 5.26 Å². The van der Waals surface area contributed by atoms with Crippen LogP contribution in [0.5, 0.6) is 0 Å². The van der Waals surface area contributed by atoms with Gasteiger partial charge in [0.1, 0.15) is 11.5 Å². The molecule has 1 heterocycles. The van der Waals surface area contributed by atoms with Gasteiger partial charge in [0.25, 0.3) is 5.91 Å². The summed E-state index contributed by atoms with van der Waals surface area (Å²) >= 11 is 0.